The lowest BCUT2D eigenvalue weighted by molar-refractivity contribution is 0.357. The van der Waals surface area contributed by atoms with Gasteiger partial charge in [-0.25, -0.2) is 0 Å². The summed E-state index contributed by atoms with van der Waals surface area (Å²) < 4.78 is 5.62. The van der Waals surface area contributed by atoms with Gasteiger partial charge in [-0.15, -0.1) is 0 Å². The van der Waals surface area contributed by atoms with Crippen LogP contribution in [0.25, 0.3) is 0 Å². The molecule has 0 bridgehead atoms. The highest BCUT2D eigenvalue weighted by atomic mass is 16.5. The van der Waals surface area contributed by atoms with Crippen molar-refractivity contribution in [1.82, 2.24) is 0 Å². The van der Waals surface area contributed by atoms with E-state index in [2.05, 4.69) is 19.1 Å². The highest BCUT2D eigenvalue weighted by Gasteiger charge is 2.15. The Morgan fingerprint density at radius 1 is 0.952 bits per heavy atom. The fourth-order valence-electron chi connectivity index (χ4n) is 3.24. The molecule has 117 valence electrons. The summed E-state index contributed by atoms with van der Waals surface area (Å²) in [5.74, 6) is 1.11. The molecule has 0 fully saturated rings. The minimum atomic E-state index is 0.859. The first-order chi connectivity index (χ1) is 10.4. The smallest absolute Gasteiger partial charge is 0.122 e. The van der Waals surface area contributed by atoms with Gasteiger partial charge in [-0.05, 0) is 30.5 Å². The van der Waals surface area contributed by atoms with E-state index in [1.165, 1.54) is 81.8 Å². The van der Waals surface area contributed by atoms with Gasteiger partial charge in [0.05, 0.1) is 6.61 Å². The van der Waals surface area contributed by atoms with Gasteiger partial charge < -0.3 is 4.74 Å². The Labute approximate surface area is 131 Å². The van der Waals surface area contributed by atoms with E-state index in [0.29, 0.717) is 0 Å². The molecule has 0 saturated carbocycles. The number of fused-ring (bicyclic) bond motifs is 1. The van der Waals surface area contributed by atoms with Crippen LogP contribution in [-0.4, -0.2) is 6.61 Å². The van der Waals surface area contributed by atoms with E-state index in [9.17, 15) is 0 Å². The monoisotopic (exact) mass is 287 g/mol. The maximum Gasteiger partial charge on any atom is 0.122 e. The van der Waals surface area contributed by atoms with Crippen LogP contribution in [-0.2, 0) is 12.8 Å². The first-order valence-electron chi connectivity index (χ1n) is 9.07. The van der Waals surface area contributed by atoms with Crippen molar-refractivity contribution in [1.29, 1.82) is 0 Å². The van der Waals surface area contributed by atoms with Crippen LogP contribution in [0.1, 0.15) is 82.3 Å². The van der Waals surface area contributed by atoms with Crippen molar-refractivity contribution in [2.24, 2.45) is 0 Å². The maximum absolute atomic E-state index is 5.62. The third-order valence-corrected chi connectivity index (χ3v) is 4.54. The highest BCUT2D eigenvalue weighted by Crippen LogP contribution is 2.28. The first-order valence-corrected chi connectivity index (χ1v) is 9.07. The molecule has 2 rings (SSSR count). The second-order valence-corrected chi connectivity index (χ2v) is 6.33. The number of hydrogen-bond donors (Lipinski definition) is 0. The predicted molar refractivity (Wildman–Crippen MR) is 90.0 cm³/mol. The summed E-state index contributed by atoms with van der Waals surface area (Å²) in [5, 5.41) is 0. The summed E-state index contributed by atoms with van der Waals surface area (Å²) in [6.45, 7) is 3.14. The van der Waals surface area contributed by atoms with E-state index in [1.807, 2.05) is 6.07 Å². The molecule has 1 heterocycles. The fraction of sp³-hybridized carbons (Fsp3) is 0.700. The molecule has 1 aromatic rings. The van der Waals surface area contributed by atoms with Gasteiger partial charge in [0, 0.05) is 12.0 Å². The summed E-state index contributed by atoms with van der Waals surface area (Å²) in [7, 11) is 0. The average molecular weight is 287 g/mol. The van der Waals surface area contributed by atoms with Crippen LogP contribution in [0.4, 0.5) is 0 Å². The normalized spacial score (nSPS) is 13.2. The van der Waals surface area contributed by atoms with Gasteiger partial charge in [0.2, 0.25) is 0 Å². The lowest BCUT2D eigenvalue weighted by atomic mass is 9.99. The number of ether oxygens (including phenoxy) is 1. The summed E-state index contributed by atoms with van der Waals surface area (Å²) in [6.07, 6.45) is 16.3. The summed E-state index contributed by atoms with van der Waals surface area (Å²) in [5.41, 5.74) is 2.83. The van der Waals surface area contributed by atoms with Gasteiger partial charge in [-0.1, -0.05) is 70.8 Å². The minimum Gasteiger partial charge on any atom is -0.493 e. The van der Waals surface area contributed by atoms with Crippen LogP contribution in [0.15, 0.2) is 12.1 Å². The molecule has 1 nitrogen and oxygen atoms in total. The van der Waals surface area contributed by atoms with Gasteiger partial charge in [0.1, 0.15) is 5.75 Å². The molecular formula is C20H31O. The topological polar surface area (TPSA) is 9.23 Å². The van der Waals surface area contributed by atoms with E-state index in [0.717, 1.165) is 18.8 Å². The molecule has 0 spiro atoms. The SMILES string of the molecule is CCCCCCCCCCCCc1[c]ccc2c1CCO2. The Balaban J connectivity index is 1.50. The minimum absolute atomic E-state index is 0.859. The van der Waals surface area contributed by atoms with Crippen LogP contribution in [0.2, 0.25) is 0 Å². The van der Waals surface area contributed by atoms with Crippen molar-refractivity contribution in [3.63, 3.8) is 0 Å². The Morgan fingerprint density at radius 2 is 1.62 bits per heavy atom. The zero-order chi connectivity index (χ0) is 14.8. The molecule has 21 heavy (non-hydrogen) atoms. The van der Waals surface area contributed by atoms with Gasteiger partial charge in [-0.2, -0.15) is 0 Å². The van der Waals surface area contributed by atoms with Crippen molar-refractivity contribution < 1.29 is 4.74 Å². The molecule has 0 atom stereocenters. The standard InChI is InChI=1S/C20H31O/c1-2-3-4-5-6-7-8-9-10-11-13-18-14-12-15-20-19(18)16-17-21-20/h12,15H,2-11,13,16-17H2,1H3. The Morgan fingerprint density at radius 3 is 2.33 bits per heavy atom. The number of unbranched alkanes of at least 4 members (excludes halogenated alkanes) is 9. The quantitative estimate of drug-likeness (QED) is 0.461. The molecule has 1 aliphatic rings. The zero-order valence-corrected chi connectivity index (χ0v) is 13.8. The molecule has 0 unspecified atom stereocenters. The van der Waals surface area contributed by atoms with Crippen molar-refractivity contribution >= 4 is 0 Å². The largest absolute Gasteiger partial charge is 0.493 e. The van der Waals surface area contributed by atoms with E-state index in [1.54, 1.807) is 0 Å². The zero-order valence-electron chi connectivity index (χ0n) is 13.8. The van der Waals surface area contributed by atoms with E-state index < -0.39 is 0 Å². The molecule has 0 N–H and O–H groups in total. The molecule has 1 aromatic carbocycles. The van der Waals surface area contributed by atoms with Crippen molar-refractivity contribution in [3.8, 4) is 5.75 Å². The first kappa shape index (κ1) is 16.4. The van der Waals surface area contributed by atoms with Crippen LogP contribution < -0.4 is 4.74 Å². The molecule has 0 saturated heterocycles. The van der Waals surface area contributed by atoms with Crippen LogP contribution in [0.3, 0.4) is 0 Å². The second kappa shape index (κ2) is 9.87. The van der Waals surface area contributed by atoms with Gasteiger partial charge in [0.15, 0.2) is 0 Å². The summed E-state index contributed by atoms with van der Waals surface area (Å²) in [4.78, 5) is 0. The van der Waals surface area contributed by atoms with Gasteiger partial charge >= 0.3 is 0 Å². The molecule has 1 aliphatic heterocycles. The lowest BCUT2D eigenvalue weighted by Crippen LogP contribution is -1.92. The Bertz CT molecular complexity index is 397. The number of rotatable bonds is 11. The van der Waals surface area contributed by atoms with Crippen molar-refractivity contribution in [3.05, 3.63) is 29.3 Å². The van der Waals surface area contributed by atoms with Gasteiger partial charge in [-0.3, -0.25) is 0 Å². The third kappa shape index (κ3) is 5.73. The molecule has 1 heteroatoms. The third-order valence-electron chi connectivity index (χ3n) is 4.54. The number of hydrogen-bond acceptors (Lipinski definition) is 1. The van der Waals surface area contributed by atoms with Gasteiger partial charge in [0.25, 0.3) is 0 Å². The fourth-order valence-corrected chi connectivity index (χ4v) is 3.24. The predicted octanol–water partition coefficient (Wildman–Crippen LogP) is 5.89. The Hall–Kier alpha value is -0.980. The van der Waals surface area contributed by atoms with Crippen LogP contribution in [0.5, 0.6) is 5.75 Å². The summed E-state index contributed by atoms with van der Waals surface area (Å²) in [6, 6.07) is 7.50. The molecule has 1 radical (unpaired) electrons. The maximum atomic E-state index is 5.62. The lowest BCUT2D eigenvalue weighted by Gasteiger charge is -2.06. The van der Waals surface area contributed by atoms with E-state index >= 15 is 0 Å². The number of aryl methyl sites for hydroxylation is 1. The van der Waals surface area contributed by atoms with Crippen molar-refractivity contribution in [2.75, 3.05) is 6.61 Å². The van der Waals surface area contributed by atoms with Crippen LogP contribution in [0, 0.1) is 6.07 Å². The molecular weight excluding hydrogens is 256 g/mol. The Kier molecular flexibility index (Phi) is 7.70. The van der Waals surface area contributed by atoms with Crippen molar-refractivity contribution in [2.45, 2.75) is 84.0 Å². The molecule has 0 aromatic heterocycles. The summed E-state index contributed by atoms with van der Waals surface area (Å²) >= 11 is 0. The molecule has 0 aliphatic carbocycles. The van der Waals surface area contributed by atoms with E-state index in [-0.39, 0.29) is 0 Å². The average Bonchev–Trinajstić information content (AvgIpc) is 2.98. The molecule has 0 amide bonds. The number of benzene rings is 1. The van der Waals surface area contributed by atoms with E-state index in [4.69, 9.17) is 4.74 Å². The second-order valence-electron chi connectivity index (χ2n) is 6.33. The van der Waals surface area contributed by atoms with Crippen LogP contribution >= 0.6 is 0 Å². The highest BCUT2D eigenvalue weighted by molar-refractivity contribution is 5.42.